The van der Waals surface area contributed by atoms with Gasteiger partial charge in [0.25, 0.3) is 5.91 Å². The molecule has 34 heavy (non-hydrogen) atoms. The molecule has 2 aromatic carbocycles. The summed E-state index contributed by atoms with van der Waals surface area (Å²) in [5.41, 5.74) is 1.86. The molecule has 2 heterocycles. The highest BCUT2D eigenvalue weighted by molar-refractivity contribution is 5.95. The monoisotopic (exact) mass is 459 g/mol. The van der Waals surface area contributed by atoms with Crippen LogP contribution in [0.4, 0.5) is 10.5 Å². The molecule has 1 N–H and O–H groups in total. The van der Waals surface area contributed by atoms with Crippen LogP contribution < -0.4 is 15.2 Å². The molecule has 0 bridgehead atoms. The summed E-state index contributed by atoms with van der Waals surface area (Å²) in [5.74, 6) is -0.889. The van der Waals surface area contributed by atoms with Crippen LogP contribution in [0.25, 0.3) is 0 Å². The summed E-state index contributed by atoms with van der Waals surface area (Å²) in [6.07, 6.45) is 3.21. The van der Waals surface area contributed by atoms with E-state index < -0.39 is 5.97 Å². The van der Waals surface area contributed by atoms with Crippen molar-refractivity contribution in [3.8, 4) is 5.75 Å². The average Bonchev–Trinajstić information content (AvgIpc) is 2.88. The first kappa shape index (κ1) is 22.8. The molecule has 9 heteroatoms. The quantitative estimate of drug-likeness (QED) is 0.603. The smallest absolute Gasteiger partial charge is 0.322 e. The van der Waals surface area contributed by atoms with Crippen LogP contribution in [-0.2, 0) is 6.61 Å². The third-order valence-electron chi connectivity index (χ3n) is 5.42. The number of aromatic carboxylic acids is 1. The van der Waals surface area contributed by atoms with Crippen molar-refractivity contribution >= 4 is 23.6 Å². The number of ether oxygens (including phenoxy) is 1. The predicted molar refractivity (Wildman–Crippen MR) is 122 cm³/mol. The Morgan fingerprint density at radius 3 is 2.38 bits per heavy atom. The molecule has 0 saturated carbocycles. The number of hydrogen-bond donors (Lipinski definition) is 1. The highest BCUT2D eigenvalue weighted by Crippen LogP contribution is 2.18. The molecule has 3 amide bonds. The number of nitrogens with one attached hydrogen (secondary N) is 1. The number of pyridine rings is 1. The third-order valence-corrected chi connectivity index (χ3v) is 5.42. The number of urea groups is 1. The van der Waals surface area contributed by atoms with E-state index in [9.17, 15) is 19.5 Å². The second-order valence-corrected chi connectivity index (χ2v) is 7.76. The van der Waals surface area contributed by atoms with Crippen molar-refractivity contribution < 1.29 is 24.2 Å². The largest absolute Gasteiger partial charge is 0.545 e. The van der Waals surface area contributed by atoms with E-state index in [-0.39, 0.29) is 24.1 Å². The molecular weight excluding hydrogens is 436 g/mol. The molecule has 1 fully saturated rings. The molecule has 1 saturated heterocycles. The fraction of sp³-hybridized carbons (Fsp3) is 0.200. The molecule has 0 aliphatic carbocycles. The number of carboxylic acids is 1. The molecule has 0 unspecified atom stereocenters. The van der Waals surface area contributed by atoms with Gasteiger partial charge in [-0.1, -0.05) is 24.3 Å². The normalized spacial score (nSPS) is 13.3. The van der Waals surface area contributed by atoms with Crippen molar-refractivity contribution in [1.29, 1.82) is 0 Å². The van der Waals surface area contributed by atoms with Crippen LogP contribution in [0.1, 0.15) is 26.3 Å². The van der Waals surface area contributed by atoms with E-state index in [1.54, 1.807) is 70.7 Å². The number of carboxylic acid groups (broad SMARTS) is 1. The topological polar surface area (TPSA) is 115 Å². The molecule has 1 aliphatic rings. The zero-order chi connectivity index (χ0) is 23.9. The Labute approximate surface area is 196 Å². The van der Waals surface area contributed by atoms with Crippen LogP contribution in [0.2, 0.25) is 0 Å². The van der Waals surface area contributed by atoms with Crippen LogP contribution in [0.3, 0.4) is 0 Å². The van der Waals surface area contributed by atoms with Gasteiger partial charge in [-0.15, -0.1) is 0 Å². The van der Waals surface area contributed by atoms with Gasteiger partial charge < -0.3 is 29.8 Å². The fourth-order valence-corrected chi connectivity index (χ4v) is 3.61. The van der Waals surface area contributed by atoms with Gasteiger partial charge in [0.2, 0.25) is 0 Å². The van der Waals surface area contributed by atoms with E-state index in [0.717, 1.165) is 0 Å². The highest BCUT2D eigenvalue weighted by atomic mass is 16.5. The van der Waals surface area contributed by atoms with Crippen LogP contribution in [-0.4, -0.2) is 58.9 Å². The van der Waals surface area contributed by atoms with Crippen molar-refractivity contribution in [1.82, 2.24) is 14.8 Å². The molecule has 0 radical (unpaired) electrons. The summed E-state index contributed by atoms with van der Waals surface area (Å²) in [5, 5.41) is 13.8. The van der Waals surface area contributed by atoms with Crippen LogP contribution >= 0.6 is 0 Å². The zero-order valence-electron chi connectivity index (χ0n) is 18.3. The van der Waals surface area contributed by atoms with Gasteiger partial charge in [0, 0.05) is 37.9 Å². The van der Waals surface area contributed by atoms with E-state index in [1.807, 2.05) is 0 Å². The Morgan fingerprint density at radius 1 is 0.912 bits per heavy atom. The number of amides is 3. The molecule has 1 aromatic heterocycles. The number of anilines is 1. The van der Waals surface area contributed by atoms with Crippen molar-refractivity contribution in [3.63, 3.8) is 0 Å². The highest BCUT2D eigenvalue weighted by Gasteiger charge is 2.25. The van der Waals surface area contributed by atoms with Crippen LogP contribution in [0, 0.1) is 0 Å². The fourth-order valence-electron chi connectivity index (χ4n) is 3.61. The van der Waals surface area contributed by atoms with Gasteiger partial charge in [-0.25, -0.2) is 4.79 Å². The zero-order valence-corrected chi connectivity index (χ0v) is 18.3. The second kappa shape index (κ2) is 10.5. The lowest BCUT2D eigenvalue weighted by Gasteiger charge is -2.34. The van der Waals surface area contributed by atoms with Gasteiger partial charge in [-0.2, -0.15) is 0 Å². The molecule has 0 atom stereocenters. The molecular formula is C25H23N4O5-. The molecule has 9 nitrogen and oxygen atoms in total. The van der Waals surface area contributed by atoms with Gasteiger partial charge >= 0.3 is 6.03 Å². The summed E-state index contributed by atoms with van der Waals surface area (Å²) in [4.78, 5) is 43.8. The van der Waals surface area contributed by atoms with E-state index in [2.05, 4.69) is 10.3 Å². The number of piperazine rings is 1. The van der Waals surface area contributed by atoms with Gasteiger partial charge in [-0.05, 0) is 47.5 Å². The minimum atomic E-state index is -1.25. The SMILES string of the molecule is O=C([O-])c1cccc(COc2cccc(C(=O)N3CCN(C(=O)Nc4cccnc4)CC3)c2)c1. The lowest BCUT2D eigenvalue weighted by molar-refractivity contribution is -0.255. The van der Waals surface area contributed by atoms with E-state index in [0.29, 0.717) is 48.7 Å². The number of hydrogen-bond acceptors (Lipinski definition) is 6. The summed E-state index contributed by atoms with van der Waals surface area (Å²) >= 11 is 0. The third kappa shape index (κ3) is 5.69. The molecule has 4 rings (SSSR count). The van der Waals surface area contributed by atoms with Crippen molar-refractivity contribution in [2.24, 2.45) is 0 Å². The summed E-state index contributed by atoms with van der Waals surface area (Å²) in [7, 11) is 0. The molecule has 1 aliphatic heterocycles. The maximum atomic E-state index is 13.0. The maximum Gasteiger partial charge on any atom is 0.322 e. The number of rotatable bonds is 6. The standard InChI is InChI=1S/C25H24N4O5/c30-23(28-10-12-29(13-11-28)25(33)27-21-7-3-9-26-16-21)19-5-2-8-22(15-19)34-17-18-4-1-6-20(14-18)24(31)32/h1-9,14-16H,10-13,17H2,(H,27,33)(H,31,32)/p-1. The second-order valence-electron chi connectivity index (χ2n) is 7.76. The van der Waals surface area contributed by atoms with Crippen LogP contribution in [0.5, 0.6) is 5.75 Å². The Hall–Kier alpha value is -4.40. The summed E-state index contributed by atoms with van der Waals surface area (Å²) in [6.45, 7) is 1.83. The Balaban J connectivity index is 1.31. The molecule has 3 aromatic rings. The van der Waals surface area contributed by atoms with Gasteiger partial charge in [-0.3, -0.25) is 9.78 Å². The van der Waals surface area contributed by atoms with E-state index in [1.165, 1.54) is 12.1 Å². The summed E-state index contributed by atoms with van der Waals surface area (Å²) < 4.78 is 5.76. The number of aromatic nitrogens is 1. The Kier molecular flexibility index (Phi) is 7.02. The van der Waals surface area contributed by atoms with Crippen molar-refractivity contribution in [2.75, 3.05) is 31.5 Å². The summed E-state index contributed by atoms with van der Waals surface area (Å²) in [6, 6.07) is 16.5. The van der Waals surface area contributed by atoms with E-state index >= 15 is 0 Å². The minimum absolute atomic E-state index is 0.0817. The van der Waals surface area contributed by atoms with E-state index in [4.69, 9.17) is 4.74 Å². The lowest BCUT2D eigenvalue weighted by Crippen LogP contribution is -2.51. The first-order chi connectivity index (χ1) is 16.5. The Morgan fingerprint density at radius 2 is 1.65 bits per heavy atom. The minimum Gasteiger partial charge on any atom is -0.545 e. The molecule has 0 spiro atoms. The predicted octanol–water partition coefficient (Wildman–Crippen LogP) is 2.01. The average molecular weight is 459 g/mol. The Bertz CT molecular complexity index is 1180. The number of nitrogens with zero attached hydrogens (tertiary/aromatic N) is 3. The number of carbonyl (C=O) groups is 3. The maximum absolute atomic E-state index is 13.0. The number of benzene rings is 2. The first-order valence-electron chi connectivity index (χ1n) is 10.8. The van der Waals surface area contributed by atoms with Gasteiger partial charge in [0.1, 0.15) is 12.4 Å². The number of carbonyl (C=O) groups excluding carboxylic acids is 3. The molecule has 174 valence electrons. The van der Waals surface area contributed by atoms with Gasteiger partial charge in [0.15, 0.2) is 0 Å². The van der Waals surface area contributed by atoms with Crippen LogP contribution in [0.15, 0.2) is 73.1 Å². The lowest BCUT2D eigenvalue weighted by atomic mass is 10.1. The van der Waals surface area contributed by atoms with Gasteiger partial charge in [0.05, 0.1) is 17.9 Å². The first-order valence-corrected chi connectivity index (χ1v) is 10.8. The van der Waals surface area contributed by atoms with Crippen molar-refractivity contribution in [2.45, 2.75) is 6.61 Å². The van der Waals surface area contributed by atoms with Crippen molar-refractivity contribution in [3.05, 3.63) is 89.7 Å².